The zero-order chi connectivity index (χ0) is 21.1. The van der Waals surface area contributed by atoms with E-state index in [2.05, 4.69) is 5.32 Å². The Hall–Kier alpha value is -0.400. The second-order valence-electron chi connectivity index (χ2n) is 8.59. The molecule has 10 heteroatoms. The van der Waals surface area contributed by atoms with Gasteiger partial charge in [-0.1, -0.05) is 0 Å². The van der Waals surface area contributed by atoms with Crippen LogP contribution in [0.3, 0.4) is 0 Å². The van der Waals surface area contributed by atoms with Crippen LogP contribution >= 0.6 is 0 Å². The molecule has 0 aromatic heterocycles. The van der Waals surface area contributed by atoms with Crippen molar-refractivity contribution in [2.75, 3.05) is 20.3 Å². The highest BCUT2D eigenvalue weighted by Gasteiger charge is 2.47. The van der Waals surface area contributed by atoms with Crippen molar-refractivity contribution < 1.29 is 29.2 Å². The molecule has 9 N–H and O–H groups in total. The number of rotatable bonds is 6. The van der Waals surface area contributed by atoms with Crippen molar-refractivity contribution in [3.8, 4) is 0 Å². The van der Waals surface area contributed by atoms with Gasteiger partial charge in [-0.2, -0.15) is 0 Å². The first-order valence-electron chi connectivity index (χ1n) is 10.7. The first-order chi connectivity index (χ1) is 13.8. The molecule has 10 nitrogen and oxygen atoms in total. The minimum atomic E-state index is -1.05. The maximum Gasteiger partial charge on any atom is 0.183 e. The fourth-order valence-electron chi connectivity index (χ4n) is 4.37. The molecule has 1 aliphatic carbocycles. The largest absolute Gasteiger partial charge is 0.388 e. The van der Waals surface area contributed by atoms with Crippen LogP contribution in [0.25, 0.3) is 0 Å². The Bertz CT molecular complexity index is 517. The molecule has 3 rings (SSSR count). The van der Waals surface area contributed by atoms with Gasteiger partial charge >= 0.3 is 0 Å². The van der Waals surface area contributed by atoms with Crippen molar-refractivity contribution in [1.29, 1.82) is 0 Å². The summed E-state index contributed by atoms with van der Waals surface area (Å²) in [5.74, 6) is 0. The lowest BCUT2D eigenvalue weighted by Gasteiger charge is -2.46. The summed E-state index contributed by atoms with van der Waals surface area (Å²) >= 11 is 0. The van der Waals surface area contributed by atoms with Crippen LogP contribution in [-0.4, -0.2) is 97.6 Å². The number of aliphatic hydroxyl groups excluding tert-OH is 2. The van der Waals surface area contributed by atoms with Crippen LogP contribution in [-0.2, 0) is 18.9 Å². The second kappa shape index (κ2) is 10.3. The van der Waals surface area contributed by atoms with Gasteiger partial charge in [0.25, 0.3) is 0 Å². The molecule has 11 atom stereocenters. The van der Waals surface area contributed by atoms with Crippen LogP contribution in [0, 0.1) is 0 Å². The fraction of sp³-hybridized carbons (Fsp3) is 1.00. The molecule has 0 radical (unpaired) electrons. The van der Waals surface area contributed by atoms with Gasteiger partial charge in [0.15, 0.2) is 6.29 Å². The average Bonchev–Trinajstić information content (AvgIpc) is 2.70. The second-order valence-corrected chi connectivity index (χ2v) is 8.59. The summed E-state index contributed by atoms with van der Waals surface area (Å²) in [6, 6.07) is -1.11. The van der Waals surface area contributed by atoms with Crippen molar-refractivity contribution in [3.63, 3.8) is 0 Å². The Kier molecular flexibility index (Phi) is 8.24. The highest BCUT2D eigenvalue weighted by molar-refractivity contribution is 5.00. The number of nitrogens with one attached hydrogen (secondary N) is 1. The van der Waals surface area contributed by atoms with Crippen molar-refractivity contribution in [3.05, 3.63) is 0 Å². The molecule has 2 heterocycles. The standard InChI is InChI=1S/C19H38N4O6/c1-9(23-2)14-7-15(12(22)8-27-14)28-17-10(20)6-11(21)18(16(17)25)29-19-13(24)4-3-5-26-19/h9-19,23-25H,3-8,20-22H2,1-2H3/t9-,10-,11+,12+,13+,14+,15+,16+,17-,18+,19+/m1/s1. The number of ether oxygens (including phenoxy) is 4. The van der Waals surface area contributed by atoms with E-state index in [0.29, 0.717) is 32.5 Å². The minimum Gasteiger partial charge on any atom is -0.388 e. The summed E-state index contributed by atoms with van der Waals surface area (Å²) in [4.78, 5) is 0. The van der Waals surface area contributed by atoms with E-state index < -0.39 is 42.8 Å². The van der Waals surface area contributed by atoms with Crippen LogP contribution in [0.1, 0.15) is 32.6 Å². The maximum atomic E-state index is 11.0. The molecular weight excluding hydrogens is 380 g/mol. The van der Waals surface area contributed by atoms with Crippen molar-refractivity contribution in [2.45, 2.75) is 99.7 Å². The predicted octanol–water partition coefficient (Wildman–Crippen LogP) is -2.23. The molecule has 3 aliphatic rings. The molecule has 29 heavy (non-hydrogen) atoms. The molecule has 0 aromatic rings. The third kappa shape index (κ3) is 5.45. The zero-order valence-corrected chi connectivity index (χ0v) is 17.4. The van der Waals surface area contributed by atoms with E-state index in [1.165, 1.54) is 0 Å². The van der Waals surface area contributed by atoms with E-state index in [0.717, 1.165) is 6.42 Å². The number of likely N-dealkylation sites (N-methyl/N-ethyl adjacent to an activating group) is 1. The summed E-state index contributed by atoms with van der Waals surface area (Å²) in [6.45, 7) is 2.92. The average molecular weight is 419 g/mol. The van der Waals surface area contributed by atoms with Gasteiger partial charge in [0.05, 0.1) is 24.9 Å². The summed E-state index contributed by atoms with van der Waals surface area (Å²) < 4.78 is 23.5. The molecule has 0 spiro atoms. The molecule has 0 unspecified atom stereocenters. The Morgan fingerprint density at radius 1 is 1.00 bits per heavy atom. The lowest BCUT2D eigenvalue weighted by atomic mass is 9.84. The monoisotopic (exact) mass is 418 g/mol. The number of hydrogen-bond acceptors (Lipinski definition) is 10. The molecule has 2 saturated heterocycles. The van der Waals surface area contributed by atoms with Crippen LogP contribution in [0.5, 0.6) is 0 Å². The highest BCUT2D eigenvalue weighted by atomic mass is 16.7. The topological polar surface area (TPSA) is 167 Å². The van der Waals surface area contributed by atoms with Gasteiger partial charge in [-0.25, -0.2) is 0 Å². The highest BCUT2D eigenvalue weighted by Crippen LogP contribution is 2.29. The van der Waals surface area contributed by atoms with Crippen molar-refractivity contribution in [1.82, 2.24) is 5.32 Å². The third-order valence-corrected chi connectivity index (χ3v) is 6.38. The quantitative estimate of drug-likeness (QED) is 0.278. The maximum absolute atomic E-state index is 11.0. The first-order valence-corrected chi connectivity index (χ1v) is 10.7. The van der Waals surface area contributed by atoms with Gasteiger partial charge in [0, 0.05) is 31.2 Å². The third-order valence-electron chi connectivity index (χ3n) is 6.38. The molecule has 3 fully saturated rings. The van der Waals surface area contributed by atoms with Gasteiger partial charge in [0.2, 0.25) is 0 Å². The van der Waals surface area contributed by atoms with E-state index in [1.807, 2.05) is 14.0 Å². The van der Waals surface area contributed by atoms with E-state index in [4.69, 9.17) is 36.1 Å². The van der Waals surface area contributed by atoms with Gasteiger partial charge < -0.3 is 51.7 Å². The predicted molar refractivity (Wildman–Crippen MR) is 106 cm³/mol. The van der Waals surface area contributed by atoms with Crippen LogP contribution in [0.2, 0.25) is 0 Å². The fourth-order valence-corrected chi connectivity index (χ4v) is 4.37. The van der Waals surface area contributed by atoms with E-state index >= 15 is 0 Å². The molecular formula is C19H38N4O6. The van der Waals surface area contributed by atoms with Crippen LogP contribution < -0.4 is 22.5 Å². The smallest absolute Gasteiger partial charge is 0.183 e. The SMILES string of the molecule is CN[C@H](C)[C@@H]1C[C@H](O[C@H]2[C@H](O)[C@@H](O[C@@H]3OCCC[C@@H]3O)[C@@H](N)C[C@H]2N)[C@@H](N)CO1. The van der Waals surface area contributed by atoms with E-state index in [1.54, 1.807) is 0 Å². The van der Waals surface area contributed by atoms with Crippen molar-refractivity contribution >= 4 is 0 Å². The number of hydrogen-bond donors (Lipinski definition) is 6. The van der Waals surface area contributed by atoms with E-state index in [-0.39, 0.29) is 24.3 Å². The first kappa shape index (κ1) is 23.3. The Morgan fingerprint density at radius 2 is 1.69 bits per heavy atom. The van der Waals surface area contributed by atoms with E-state index in [9.17, 15) is 10.2 Å². The molecule has 2 aliphatic heterocycles. The lowest BCUT2D eigenvalue weighted by molar-refractivity contribution is -0.269. The number of aliphatic hydroxyl groups is 2. The Labute approximate surface area is 172 Å². The molecule has 170 valence electrons. The van der Waals surface area contributed by atoms with Crippen LogP contribution in [0.15, 0.2) is 0 Å². The Balaban J connectivity index is 1.65. The van der Waals surface area contributed by atoms with Crippen molar-refractivity contribution in [2.24, 2.45) is 17.2 Å². The number of nitrogens with two attached hydrogens (primary N) is 3. The summed E-state index contributed by atoms with van der Waals surface area (Å²) in [5, 5.41) is 24.3. The molecule has 0 amide bonds. The normalized spacial score (nSPS) is 47.7. The van der Waals surface area contributed by atoms with Crippen LogP contribution in [0.4, 0.5) is 0 Å². The lowest BCUT2D eigenvalue weighted by Crippen LogP contribution is -2.65. The molecule has 0 aromatic carbocycles. The van der Waals surface area contributed by atoms with Gasteiger partial charge in [-0.3, -0.25) is 0 Å². The summed E-state index contributed by atoms with van der Waals surface area (Å²) in [7, 11) is 1.88. The van der Waals surface area contributed by atoms with Gasteiger partial charge in [0.1, 0.15) is 24.4 Å². The van der Waals surface area contributed by atoms with Gasteiger partial charge in [-0.15, -0.1) is 0 Å². The van der Waals surface area contributed by atoms with Gasteiger partial charge in [-0.05, 0) is 33.2 Å². The zero-order valence-electron chi connectivity index (χ0n) is 17.4. The minimum absolute atomic E-state index is 0.0400. The summed E-state index contributed by atoms with van der Waals surface area (Å²) in [6.07, 6.45) is -2.01. The molecule has 1 saturated carbocycles. The Morgan fingerprint density at radius 3 is 2.34 bits per heavy atom. The summed E-state index contributed by atoms with van der Waals surface area (Å²) in [5.41, 5.74) is 18.7. The molecule has 0 bridgehead atoms.